The van der Waals surface area contributed by atoms with Gasteiger partial charge in [0.05, 0.1) is 0 Å². The van der Waals surface area contributed by atoms with Gasteiger partial charge in [0.25, 0.3) is 5.56 Å². The van der Waals surface area contributed by atoms with Crippen LogP contribution in [-0.2, 0) is 11.3 Å². The Morgan fingerprint density at radius 2 is 2.33 bits per heavy atom. The standard InChI is InChI=1S/C11H13NO3/c1-2-7-12-8-3-4-9(11(12)15)5-6-10(13)14/h3-6,8H,2,7H2,1H3,(H,13,14)/b6-5+. The van der Waals surface area contributed by atoms with Crippen LogP contribution in [0, 0.1) is 0 Å². The van der Waals surface area contributed by atoms with Crippen LogP contribution in [0.4, 0.5) is 0 Å². The van der Waals surface area contributed by atoms with E-state index in [-0.39, 0.29) is 5.56 Å². The minimum absolute atomic E-state index is 0.156. The summed E-state index contributed by atoms with van der Waals surface area (Å²) in [6.07, 6.45) is 4.85. The highest BCUT2D eigenvalue weighted by Gasteiger charge is 1.99. The van der Waals surface area contributed by atoms with E-state index in [1.54, 1.807) is 22.9 Å². The van der Waals surface area contributed by atoms with Crippen LogP contribution in [0.3, 0.4) is 0 Å². The number of carboxylic acids is 1. The van der Waals surface area contributed by atoms with Crippen molar-refractivity contribution in [3.8, 4) is 0 Å². The molecule has 0 atom stereocenters. The lowest BCUT2D eigenvalue weighted by atomic mass is 10.2. The summed E-state index contributed by atoms with van der Waals surface area (Å²) in [4.78, 5) is 22.0. The number of rotatable bonds is 4. The lowest BCUT2D eigenvalue weighted by Crippen LogP contribution is -2.21. The molecule has 1 heterocycles. The van der Waals surface area contributed by atoms with Crippen LogP contribution in [0.1, 0.15) is 18.9 Å². The topological polar surface area (TPSA) is 59.3 Å². The first-order valence-corrected chi connectivity index (χ1v) is 4.75. The van der Waals surface area contributed by atoms with E-state index in [1.807, 2.05) is 6.92 Å². The van der Waals surface area contributed by atoms with Crippen molar-refractivity contribution < 1.29 is 9.90 Å². The number of carbonyl (C=O) groups is 1. The molecule has 1 N–H and O–H groups in total. The number of nitrogens with zero attached hydrogens (tertiary/aromatic N) is 1. The summed E-state index contributed by atoms with van der Waals surface area (Å²) in [6, 6.07) is 3.34. The lowest BCUT2D eigenvalue weighted by Gasteiger charge is -2.03. The Kier molecular flexibility index (Phi) is 3.85. The molecule has 0 fully saturated rings. The molecule has 0 aromatic carbocycles. The Morgan fingerprint density at radius 3 is 2.93 bits per heavy atom. The van der Waals surface area contributed by atoms with Gasteiger partial charge in [-0.2, -0.15) is 0 Å². The molecule has 80 valence electrons. The minimum Gasteiger partial charge on any atom is -0.478 e. The first-order valence-electron chi connectivity index (χ1n) is 4.75. The highest BCUT2D eigenvalue weighted by Crippen LogP contribution is 1.96. The van der Waals surface area contributed by atoms with Gasteiger partial charge >= 0.3 is 5.97 Å². The molecular formula is C11H13NO3. The largest absolute Gasteiger partial charge is 0.478 e. The first-order chi connectivity index (χ1) is 7.15. The maximum absolute atomic E-state index is 11.7. The molecule has 0 aliphatic carbocycles. The van der Waals surface area contributed by atoms with Crippen molar-refractivity contribution in [3.05, 3.63) is 40.3 Å². The third-order valence-electron chi connectivity index (χ3n) is 1.92. The van der Waals surface area contributed by atoms with Gasteiger partial charge in [-0.3, -0.25) is 4.79 Å². The van der Waals surface area contributed by atoms with Gasteiger partial charge in [-0.25, -0.2) is 4.79 Å². The van der Waals surface area contributed by atoms with Crippen LogP contribution in [0.15, 0.2) is 29.2 Å². The quantitative estimate of drug-likeness (QED) is 0.758. The fourth-order valence-electron chi connectivity index (χ4n) is 1.26. The molecule has 0 aliphatic heterocycles. The van der Waals surface area contributed by atoms with E-state index in [2.05, 4.69) is 0 Å². The smallest absolute Gasteiger partial charge is 0.328 e. The molecule has 0 spiro atoms. The predicted molar refractivity (Wildman–Crippen MR) is 57.7 cm³/mol. The van der Waals surface area contributed by atoms with Crippen molar-refractivity contribution in [2.24, 2.45) is 0 Å². The highest BCUT2D eigenvalue weighted by molar-refractivity contribution is 5.85. The summed E-state index contributed by atoms with van der Waals surface area (Å²) < 4.78 is 1.57. The number of aromatic nitrogens is 1. The zero-order chi connectivity index (χ0) is 11.3. The van der Waals surface area contributed by atoms with Gasteiger partial charge in [0, 0.05) is 24.4 Å². The zero-order valence-corrected chi connectivity index (χ0v) is 8.51. The molecule has 0 unspecified atom stereocenters. The predicted octanol–water partition coefficient (Wildman–Crippen LogP) is 1.36. The molecular weight excluding hydrogens is 194 g/mol. The second kappa shape index (κ2) is 5.14. The molecule has 0 bridgehead atoms. The van der Waals surface area contributed by atoms with E-state index < -0.39 is 5.97 Å². The zero-order valence-electron chi connectivity index (χ0n) is 8.51. The molecule has 1 aromatic heterocycles. The lowest BCUT2D eigenvalue weighted by molar-refractivity contribution is -0.131. The van der Waals surface area contributed by atoms with Gasteiger partial charge in [-0.05, 0) is 24.6 Å². The van der Waals surface area contributed by atoms with E-state index in [1.165, 1.54) is 6.08 Å². The van der Waals surface area contributed by atoms with Crippen LogP contribution in [0.5, 0.6) is 0 Å². The third kappa shape index (κ3) is 3.09. The molecule has 0 aliphatic rings. The van der Waals surface area contributed by atoms with Crippen molar-refractivity contribution in [3.63, 3.8) is 0 Å². The number of hydrogen-bond donors (Lipinski definition) is 1. The molecule has 0 radical (unpaired) electrons. The van der Waals surface area contributed by atoms with Gasteiger partial charge < -0.3 is 9.67 Å². The molecule has 1 aromatic rings. The maximum atomic E-state index is 11.7. The van der Waals surface area contributed by atoms with E-state index in [4.69, 9.17) is 5.11 Å². The Hall–Kier alpha value is -1.84. The monoisotopic (exact) mass is 207 g/mol. The summed E-state index contributed by atoms with van der Waals surface area (Å²) in [5.74, 6) is -1.06. The van der Waals surface area contributed by atoms with Gasteiger partial charge in [-0.1, -0.05) is 6.92 Å². The normalized spacial score (nSPS) is 10.7. The van der Waals surface area contributed by atoms with Gasteiger partial charge in [-0.15, -0.1) is 0 Å². The number of hydrogen-bond acceptors (Lipinski definition) is 2. The van der Waals surface area contributed by atoms with E-state index in [0.29, 0.717) is 12.1 Å². The summed E-state index contributed by atoms with van der Waals surface area (Å²) in [5.41, 5.74) is 0.241. The van der Waals surface area contributed by atoms with Crippen molar-refractivity contribution >= 4 is 12.0 Å². The Morgan fingerprint density at radius 1 is 1.60 bits per heavy atom. The summed E-state index contributed by atoms with van der Waals surface area (Å²) >= 11 is 0. The average molecular weight is 207 g/mol. The van der Waals surface area contributed by atoms with Crippen molar-refractivity contribution in [1.29, 1.82) is 0 Å². The Bertz CT molecular complexity index is 432. The van der Waals surface area contributed by atoms with Crippen LogP contribution in [-0.4, -0.2) is 15.6 Å². The van der Waals surface area contributed by atoms with Crippen molar-refractivity contribution in [2.45, 2.75) is 19.9 Å². The van der Waals surface area contributed by atoms with Crippen LogP contribution >= 0.6 is 0 Å². The van der Waals surface area contributed by atoms with Gasteiger partial charge in [0.15, 0.2) is 0 Å². The summed E-state index contributed by atoms with van der Waals surface area (Å²) in [5, 5.41) is 8.44. The summed E-state index contributed by atoms with van der Waals surface area (Å²) in [6.45, 7) is 2.62. The highest BCUT2D eigenvalue weighted by atomic mass is 16.4. The summed E-state index contributed by atoms with van der Waals surface area (Å²) in [7, 11) is 0. The molecule has 0 amide bonds. The number of carboxylic acid groups (broad SMARTS) is 1. The molecule has 4 nitrogen and oxygen atoms in total. The minimum atomic E-state index is -1.06. The first kappa shape index (κ1) is 11.2. The number of aryl methyl sites for hydroxylation is 1. The van der Waals surface area contributed by atoms with Crippen LogP contribution in [0.25, 0.3) is 6.08 Å². The Labute approximate surface area is 87.5 Å². The van der Waals surface area contributed by atoms with E-state index in [9.17, 15) is 9.59 Å². The number of aliphatic carboxylic acids is 1. The number of pyridine rings is 1. The van der Waals surface area contributed by atoms with E-state index >= 15 is 0 Å². The maximum Gasteiger partial charge on any atom is 0.328 e. The van der Waals surface area contributed by atoms with Crippen molar-refractivity contribution in [1.82, 2.24) is 4.57 Å². The van der Waals surface area contributed by atoms with Gasteiger partial charge in [0.1, 0.15) is 0 Å². The van der Waals surface area contributed by atoms with Crippen LogP contribution < -0.4 is 5.56 Å². The fourth-order valence-corrected chi connectivity index (χ4v) is 1.26. The van der Waals surface area contributed by atoms with E-state index in [0.717, 1.165) is 12.5 Å². The van der Waals surface area contributed by atoms with Gasteiger partial charge in [0.2, 0.25) is 0 Å². The molecule has 15 heavy (non-hydrogen) atoms. The third-order valence-corrected chi connectivity index (χ3v) is 1.92. The Balaban J connectivity index is 3.04. The average Bonchev–Trinajstić information content (AvgIpc) is 2.19. The van der Waals surface area contributed by atoms with Crippen LogP contribution in [0.2, 0.25) is 0 Å². The molecule has 0 saturated carbocycles. The molecule has 1 rings (SSSR count). The molecule has 0 saturated heterocycles. The molecule has 4 heteroatoms. The van der Waals surface area contributed by atoms with Crippen molar-refractivity contribution in [2.75, 3.05) is 0 Å². The SMILES string of the molecule is CCCn1cccc(/C=C/C(=O)O)c1=O. The second-order valence-electron chi connectivity index (χ2n) is 3.13. The second-order valence-corrected chi connectivity index (χ2v) is 3.13. The fraction of sp³-hybridized carbons (Fsp3) is 0.273.